The molecule has 4 heterocycles. The fourth-order valence-corrected chi connectivity index (χ4v) is 5.19. The topological polar surface area (TPSA) is 104 Å². The van der Waals surface area contributed by atoms with E-state index in [0.29, 0.717) is 32.6 Å². The molecule has 32 heavy (non-hydrogen) atoms. The Morgan fingerprint density at radius 2 is 2.06 bits per heavy atom. The molecule has 3 aromatic rings. The molecule has 5 rings (SSSR count). The lowest BCUT2D eigenvalue weighted by molar-refractivity contribution is -0.992. The van der Waals surface area contributed by atoms with Crippen LogP contribution in [0.3, 0.4) is 0 Å². The molecule has 9 heteroatoms. The number of amides is 1. The number of pyridine rings is 1. The van der Waals surface area contributed by atoms with Gasteiger partial charge in [0.15, 0.2) is 0 Å². The minimum atomic E-state index is -1.20. The summed E-state index contributed by atoms with van der Waals surface area (Å²) in [6, 6.07) is 11.1. The molecule has 0 saturated carbocycles. The lowest BCUT2D eigenvalue weighted by atomic mass is 9.83. The summed E-state index contributed by atoms with van der Waals surface area (Å²) in [5, 5.41) is 20.4. The van der Waals surface area contributed by atoms with E-state index in [1.807, 2.05) is 35.4 Å². The molecule has 1 fully saturated rings. The zero-order valence-electron chi connectivity index (χ0n) is 17.9. The van der Waals surface area contributed by atoms with Gasteiger partial charge in [0, 0.05) is 67.4 Å². The Hall–Kier alpha value is -3.14. The maximum atomic E-state index is 13.0. The van der Waals surface area contributed by atoms with Crippen molar-refractivity contribution in [2.75, 3.05) is 20.2 Å². The summed E-state index contributed by atoms with van der Waals surface area (Å²) >= 11 is 0. The monoisotopic (exact) mass is 438 g/mol. The van der Waals surface area contributed by atoms with Crippen LogP contribution >= 0.6 is 0 Å². The Labute approximate surface area is 184 Å². The van der Waals surface area contributed by atoms with Crippen molar-refractivity contribution in [3.05, 3.63) is 63.9 Å². The number of nitrogens with zero attached hydrogens (tertiary/aromatic N) is 3. The summed E-state index contributed by atoms with van der Waals surface area (Å²) in [6.45, 7) is 2.21. The van der Waals surface area contributed by atoms with E-state index in [0.717, 1.165) is 28.8 Å². The van der Waals surface area contributed by atoms with Crippen LogP contribution in [0.4, 0.5) is 5.69 Å². The first-order chi connectivity index (χ1) is 15.4. The zero-order chi connectivity index (χ0) is 22.4. The molecular formula is C23H26N4O5. The van der Waals surface area contributed by atoms with E-state index >= 15 is 0 Å². The first kappa shape index (κ1) is 20.7. The smallest absolute Gasteiger partial charge is 0.315 e. The van der Waals surface area contributed by atoms with Crippen molar-refractivity contribution in [1.82, 2.24) is 14.0 Å². The van der Waals surface area contributed by atoms with E-state index in [9.17, 15) is 20.0 Å². The highest BCUT2D eigenvalue weighted by Gasteiger charge is 2.37. The normalized spacial score (nSPS) is 20.8. The van der Waals surface area contributed by atoms with Crippen LogP contribution in [0.1, 0.15) is 24.5 Å². The highest BCUT2D eigenvalue weighted by molar-refractivity contribution is 5.82. The molecule has 3 unspecified atom stereocenters. The molecule has 2 aromatic heterocycles. The quantitative estimate of drug-likeness (QED) is 0.584. The van der Waals surface area contributed by atoms with Gasteiger partial charge in [-0.3, -0.25) is 9.59 Å². The van der Waals surface area contributed by atoms with Crippen molar-refractivity contribution < 1.29 is 20.0 Å². The summed E-state index contributed by atoms with van der Waals surface area (Å²) in [5.41, 5.74) is 1.26. The number of hydrogen-bond donors (Lipinski definition) is 2. The van der Waals surface area contributed by atoms with Crippen molar-refractivity contribution in [3.8, 4) is 5.75 Å². The van der Waals surface area contributed by atoms with Crippen molar-refractivity contribution in [1.29, 1.82) is 0 Å². The Morgan fingerprint density at radius 1 is 1.22 bits per heavy atom. The fourth-order valence-electron chi connectivity index (χ4n) is 5.19. The van der Waals surface area contributed by atoms with Gasteiger partial charge in [-0.25, -0.2) is 5.21 Å². The molecule has 3 atom stereocenters. The van der Waals surface area contributed by atoms with Crippen LogP contribution in [0, 0.1) is 11.1 Å². The number of nitrogens with one attached hydrogen (secondary N) is 1. The lowest BCUT2D eigenvalue weighted by Gasteiger charge is -2.43. The summed E-state index contributed by atoms with van der Waals surface area (Å²) in [7, 11) is 1.64. The van der Waals surface area contributed by atoms with Crippen LogP contribution in [-0.2, 0) is 17.9 Å². The van der Waals surface area contributed by atoms with Crippen LogP contribution in [0.2, 0.25) is 0 Å². The lowest BCUT2D eigenvalue weighted by Crippen LogP contribution is -3.00. The van der Waals surface area contributed by atoms with Gasteiger partial charge in [-0.15, -0.1) is 0 Å². The second-order valence-corrected chi connectivity index (χ2v) is 8.67. The minimum absolute atomic E-state index is 0.0573. The molecule has 1 aromatic carbocycles. The average molecular weight is 438 g/mol. The third kappa shape index (κ3) is 3.58. The van der Waals surface area contributed by atoms with E-state index in [4.69, 9.17) is 4.74 Å². The molecule has 0 spiro atoms. The van der Waals surface area contributed by atoms with Crippen molar-refractivity contribution in [2.45, 2.75) is 31.8 Å². The first-order valence-corrected chi connectivity index (χ1v) is 10.8. The predicted molar refractivity (Wildman–Crippen MR) is 117 cm³/mol. The van der Waals surface area contributed by atoms with E-state index in [1.54, 1.807) is 17.7 Å². The number of carbonyl (C=O) groups excluding carboxylic acids is 1. The third-order valence-electron chi connectivity index (χ3n) is 6.73. The number of benzene rings is 1. The van der Waals surface area contributed by atoms with Gasteiger partial charge in [0.2, 0.25) is 11.6 Å². The molecule has 2 bridgehead atoms. The number of aryl methyl sites for hydroxylation is 1. The van der Waals surface area contributed by atoms with Crippen LogP contribution in [0.25, 0.3) is 10.9 Å². The molecule has 2 aliphatic rings. The van der Waals surface area contributed by atoms with Gasteiger partial charge in [-0.05, 0) is 42.7 Å². The number of carbonyl (C=O) groups is 1. The van der Waals surface area contributed by atoms with Crippen molar-refractivity contribution in [3.63, 3.8) is 0 Å². The molecular weight excluding hydrogens is 412 g/mol. The van der Waals surface area contributed by atoms with Gasteiger partial charge in [0.1, 0.15) is 5.75 Å². The number of piperidine rings is 1. The minimum Gasteiger partial charge on any atom is -0.595 e. The summed E-state index contributed by atoms with van der Waals surface area (Å²) < 4.78 is 8.96. The zero-order valence-corrected chi connectivity index (χ0v) is 17.9. The fraction of sp³-hybridized carbons (Fsp3) is 0.391. The van der Waals surface area contributed by atoms with Gasteiger partial charge >= 0.3 is 5.56 Å². The second-order valence-electron chi connectivity index (χ2n) is 8.67. The molecule has 168 valence electrons. The molecule has 0 aliphatic carbocycles. The highest BCUT2D eigenvalue weighted by Crippen LogP contribution is 2.35. The Morgan fingerprint density at radius 3 is 2.84 bits per heavy atom. The molecule has 0 radical (unpaired) electrons. The largest absolute Gasteiger partial charge is 0.595 e. The molecule has 1 saturated heterocycles. The predicted octanol–water partition coefficient (Wildman–Crippen LogP) is 1.25. The first-order valence-electron chi connectivity index (χ1n) is 10.8. The Kier molecular flexibility index (Phi) is 5.24. The number of quaternary nitrogens is 1. The SMILES string of the molecule is COc1ccc2c(ccn2CCC(=O)N2CC3CC(C2)c2ccc([NH+]([O-])O)c(=O)n2C3)c1. The number of ether oxygens (including phenoxy) is 1. The third-order valence-corrected chi connectivity index (χ3v) is 6.73. The summed E-state index contributed by atoms with van der Waals surface area (Å²) in [4.78, 5) is 27.5. The van der Waals surface area contributed by atoms with Gasteiger partial charge in [0.05, 0.1) is 7.11 Å². The molecule has 2 aliphatic heterocycles. The van der Waals surface area contributed by atoms with Crippen LogP contribution in [-0.4, -0.2) is 45.3 Å². The summed E-state index contributed by atoms with van der Waals surface area (Å²) in [6.07, 6.45) is 3.31. The standard InChI is InChI=1S/C23H26N4O5/c1-32-18-2-3-19-16(11-18)6-8-24(19)9-7-22(28)25-12-15-10-17(14-25)20-4-5-21(27(30)31)23(29)26(20)13-15/h2-6,8,11,15,17,27,30H,7,9-10,12-14H2,1H3. The van der Waals surface area contributed by atoms with Gasteiger partial charge in [-0.1, -0.05) is 0 Å². The maximum absolute atomic E-state index is 13.0. The number of methoxy groups -OCH3 is 1. The Balaban J connectivity index is 1.29. The van der Waals surface area contributed by atoms with Gasteiger partial charge < -0.3 is 24.0 Å². The van der Waals surface area contributed by atoms with Gasteiger partial charge in [-0.2, -0.15) is 5.23 Å². The molecule has 9 nitrogen and oxygen atoms in total. The van der Waals surface area contributed by atoms with E-state index in [2.05, 4.69) is 4.57 Å². The van der Waals surface area contributed by atoms with E-state index in [-0.39, 0.29) is 23.4 Å². The number of fused-ring (bicyclic) bond motifs is 5. The van der Waals surface area contributed by atoms with Crippen LogP contribution in [0.15, 0.2) is 47.4 Å². The van der Waals surface area contributed by atoms with Crippen LogP contribution < -0.4 is 15.5 Å². The van der Waals surface area contributed by atoms with Crippen molar-refractivity contribution in [2.24, 2.45) is 5.92 Å². The van der Waals surface area contributed by atoms with Crippen LogP contribution in [0.5, 0.6) is 5.75 Å². The summed E-state index contributed by atoms with van der Waals surface area (Å²) in [5.74, 6) is 1.13. The van der Waals surface area contributed by atoms with E-state index in [1.165, 1.54) is 6.07 Å². The number of likely N-dealkylation sites (tertiary alicyclic amines) is 1. The average Bonchev–Trinajstić information content (AvgIpc) is 3.19. The molecule has 2 N–H and O–H groups in total. The maximum Gasteiger partial charge on any atom is 0.315 e. The highest BCUT2D eigenvalue weighted by atomic mass is 16.8. The van der Waals surface area contributed by atoms with E-state index < -0.39 is 10.8 Å². The number of hydrogen-bond acceptors (Lipinski definition) is 5. The second kappa shape index (κ2) is 8.09. The molecule has 1 amide bonds. The van der Waals surface area contributed by atoms with Crippen molar-refractivity contribution >= 4 is 22.5 Å². The van der Waals surface area contributed by atoms with Gasteiger partial charge in [0.25, 0.3) is 0 Å². The number of rotatable bonds is 5. The number of aromatic nitrogens is 2. The Bertz CT molecular complexity index is 1230.